The van der Waals surface area contributed by atoms with Crippen molar-refractivity contribution >= 4 is 18.2 Å². The number of aromatic amines is 2. The van der Waals surface area contributed by atoms with E-state index in [4.69, 9.17) is 17.0 Å². The maximum Gasteiger partial charge on any atom is 0.306 e. The van der Waals surface area contributed by atoms with Crippen LogP contribution in [0.25, 0.3) is 0 Å². The Kier molecular flexibility index (Phi) is 4.23. The molecule has 0 saturated carbocycles. The number of hydrogen-bond donors (Lipinski definition) is 2. The van der Waals surface area contributed by atoms with Gasteiger partial charge in [0.15, 0.2) is 4.77 Å². The van der Waals surface area contributed by atoms with Crippen molar-refractivity contribution in [1.29, 1.82) is 0 Å². The molecule has 0 aliphatic carbocycles. The van der Waals surface area contributed by atoms with Crippen molar-refractivity contribution in [2.24, 2.45) is 0 Å². The monoisotopic (exact) mass is 228 g/mol. The van der Waals surface area contributed by atoms with Crippen LogP contribution in [0.2, 0.25) is 0 Å². The Bertz CT molecular complexity index is 449. The number of hydrogen-bond acceptors (Lipinski definition) is 4. The van der Waals surface area contributed by atoms with E-state index < -0.39 is 0 Å². The molecule has 1 aromatic rings. The van der Waals surface area contributed by atoms with E-state index in [0.29, 0.717) is 18.6 Å². The number of rotatable bonds is 4. The maximum atomic E-state index is 11.3. The summed E-state index contributed by atoms with van der Waals surface area (Å²) < 4.78 is 5.02. The van der Waals surface area contributed by atoms with Crippen LogP contribution >= 0.6 is 12.2 Å². The Morgan fingerprint density at radius 3 is 2.93 bits per heavy atom. The van der Waals surface area contributed by atoms with E-state index in [1.165, 1.54) is 6.20 Å². The predicted octanol–water partition coefficient (Wildman–Crippen LogP) is 0.928. The first-order chi connectivity index (χ1) is 7.13. The summed E-state index contributed by atoms with van der Waals surface area (Å²) in [5, 5.41) is 0. The summed E-state index contributed by atoms with van der Waals surface area (Å²) in [6.45, 7) is 2.09. The Hall–Kier alpha value is -1.43. The van der Waals surface area contributed by atoms with Crippen molar-refractivity contribution in [1.82, 2.24) is 9.97 Å². The second-order valence-electron chi connectivity index (χ2n) is 2.90. The Labute approximate surface area is 91.5 Å². The molecule has 15 heavy (non-hydrogen) atoms. The molecule has 5 nitrogen and oxygen atoms in total. The fraction of sp³-hybridized carbons (Fsp3) is 0.444. The molecule has 0 atom stereocenters. The number of aromatic nitrogens is 2. The molecule has 1 heterocycles. The van der Waals surface area contributed by atoms with Crippen molar-refractivity contribution in [3.63, 3.8) is 0 Å². The van der Waals surface area contributed by atoms with Crippen LogP contribution in [0.3, 0.4) is 0 Å². The van der Waals surface area contributed by atoms with E-state index in [-0.39, 0.29) is 22.7 Å². The molecule has 0 radical (unpaired) electrons. The van der Waals surface area contributed by atoms with E-state index in [1.54, 1.807) is 6.92 Å². The van der Waals surface area contributed by atoms with E-state index in [0.717, 1.165) is 0 Å². The lowest BCUT2D eigenvalue weighted by molar-refractivity contribution is -0.143. The molecular formula is C9H12N2O3S. The van der Waals surface area contributed by atoms with Gasteiger partial charge < -0.3 is 9.72 Å². The van der Waals surface area contributed by atoms with Gasteiger partial charge in [0, 0.05) is 18.2 Å². The highest BCUT2D eigenvalue weighted by Gasteiger charge is 2.05. The van der Waals surface area contributed by atoms with Crippen molar-refractivity contribution in [2.75, 3.05) is 6.61 Å². The maximum absolute atomic E-state index is 11.3. The summed E-state index contributed by atoms with van der Waals surface area (Å²) >= 11 is 4.73. The minimum atomic E-state index is -0.306. The largest absolute Gasteiger partial charge is 0.466 e. The third kappa shape index (κ3) is 3.67. The summed E-state index contributed by atoms with van der Waals surface area (Å²) in [5.41, 5.74) is 0.236. The molecule has 0 aromatic carbocycles. The minimum absolute atomic E-state index is 0.196. The number of H-pyrrole nitrogens is 2. The zero-order valence-corrected chi connectivity index (χ0v) is 9.15. The number of carbonyl (C=O) groups excluding carboxylic acids is 1. The first-order valence-electron chi connectivity index (χ1n) is 4.60. The SMILES string of the molecule is CCOC(=O)CCc1c[nH]c(=S)[nH]c1=O. The van der Waals surface area contributed by atoms with Crippen LogP contribution in [0.15, 0.2) is 11.0 Å². The standard InChI is InChI=1S/C9H12N2O3S/c1-2-14-7(12)4-3-6-5-10-9(15)11-8(6)13/h5H,2-4H2,1H3,(H2,10,11,13,15). The molecule has 0 saturated heterocycles. The van der Waals surface area contributed by atoms with Gasteiger partial charge in [-0.2, -0.15) is 0 Å². The van der Waals surface area contributed by atoms with Gasteiger partial charge >= 0.3 is 5.97 Å². The highest BCUT2D eigenvalue weighted by molar-refractivity contribution is 7.71. The lowest BCUT2D eigenvalue weighted by atomic mass is 10.2. The van der Waals surface area contributed by atoms with Gasteiger partial charge in [0.1, 0.15) is 0 Å². The molecule has 82 valence electrons. The van der Waals surface area contributed by atoms with Gasteiger partial charge in [-0.15, -0.1) is 0 Å². The highest BCUT2D eigenvalue weighted by Crippen LogP contribution is 1.96. The van der Waals surface area contributed by atoms with Gasteiger partial charge in [-0.3, -0.25) is 14.6 Å². The van der Waals surface area contributed by atoms with Crippen LogP contribution in [0.5, 0.6) is 0 Å². The predicted molar refractivity (Wildman–Crippen MR) is 57.2 cm³/mol. The van der Waals surface area contributed by atoms with Crippen molar-refractivity contribution in [2.45, 2.75) is 19.8 Å². The van der Waals surface area contributed by atoms with Gasteiger partial charge in [-0.05, 0) is 25.6 Å². The molecule has 0 fully saturated rings. The summed E-state index contributed by atoms with van der Waals surface area (Å²) in [4.78, 5) is 27.5. The lowest BCUT2D eigenvalue weighted by Gasteiger charge is -2.00. The lowest BCUT2D eigenvalue weighted by Crippen LogP contribution is -2.15. The molecule has 0 spiro atoms. The second kappa shape index (κ2) is 5.45. The molecule has 0 aliphatic rings. The molecule has 0 bridgehead atoms. The second-order valence-corrected chi connectivity index (χ2v) is 3.31. The number of esters is 1. The molecule has 0 aliphatic heterocycles. The van der Waals surface area contributed by atoms with Crippen molar-refractivity contribution < 1.29 is 9.53 Å². The number of nitrogens with one attached hydrogen (secondary N) is 2. The quantitative estimate of drug-likeness (QED) is 0.593. The molecule has 1 aromatic heterocycles. The zero-order valence-electron chi connectivity index (χ0n) is 8.33. The van der Waals surface area contributed by atoms with Gasteiger partial charge in [0.05, 0.1) is 6.61 Å². The van der Waals surface area contributed by atoms with Gasteiger partial charge in [-0.1, -0.05) is 0 Å². The first-order valence-corrected chi connectivity index (χ1v) is 5.00. The molecule has 6 heteroatoms. The van der Waals surface area contributed by atoms with E-state index in [9.17, 15) is 9.59 Å². The summed E-state index contributed by atoms with van der Waals surface area (Å²) in [7, 11) is 0. The number of ether oxygens (including phenoxy) is 1. The summed E-state index contributed by atoms with van der Waals surface area (Å²) in [6.07, 6.45) is 2.06. The highest BCUT2D eigenvalue weighted by atomic mass is 32.1. The normalized spacial score (nSPS) is 9.93. The van der Waals surface area contributed by atoms with Gasteiger partial charge in [0.25, 0.3) is 5.56 Å². The third-order valence-electron chi connectivity index (χ3n) is 1.80. The Balaban J connectivity index is 2.62. The van der Waals surface area contributed by atoms with Gasteiger partial charge in [-0.25, -0.2) is 0 Å². The first kappa shape index (κ1) is 11.6. The van der Waals surface area contributed by atoms with Crippen LogP contribution < -0.4 is 5.56 Å². The summed E-state index contributed by atoms with van der Waals surface area (Å²) in [5.74, 6) is -0.306. The third-order valence-corrected chi connectivity index (χ3v) is 2.02. The van der Waals surface area contributed by atoms with Gasteiger partial charge in [0.2, 0.25) is 0 Å². The topological polar surface area (TPSA) is 75.0 Å². The minimum Gasteiger partial charge on any atom is -0.466 e. The molecule has 1 rings (SSSR count). The van der Waals surface area contributed by atoms with Crippen molar-refractivity contribution in [3.8, 4) is 0 Å². The molecule has 0 unspecified atom stereocenters. The van der Waals surface area contributed by atoms with E-state index >= 15 is 0 Å². The van der Waals surface area contributed by atoms with Crippen LogP contribution in [-0.2, 0) is 16.0 Å². The summed E-state index contributed by atoms with van der Waals surface area (Å²) in [6, 6.07) is 0. The van der Waals surface area contributed by atoms with Crippen LogP contribution in [-0.4, -0.2) is 22.5 Å². The number of aryl methyl sites for hydroxylation is 1. The van der Waals surface area contributed by atoms with E-state index in [1.807, 2.05) is 0 Å². The van der Waals surface area contributed by atoms with Crippen LogP contribution in [0, 0.1) is 4.77 Å². The Morgan fingerprint density at radius 2 is 2.33 bits per heavy atom. The molecular weight excluding hydrogens is 216 g/mol. The van der Waals surface area contributed by atoms with E-state index in [2.05, 4.69) is 9.97 Å². The fourth-order valence-electron chi connectivity index (χ4n) is 1.09. The smallest absolute Gasteiger partial charge is 0.306 e. The zero-order chi connectivity index (χ0) is 11.3. The molecule has 2 N–H and O–H groups in total. The average Bonchev–Trinajstić information content (AvgIpc) is 2.17. The Morgan fingerprint density at radius 1 is 1.60 bits per heavy atom. The average molecular weight is 228 g/mol. The van der Waals surface area contributed by atoms with Crippen LogP contribution in [0.4, 0.5) is 0 Å². The molecule has 0 amide bonds. The number of carbonyl (C=O) groups is 1. The van der Waals surface area contributed by atoms with Crippen LogP contribution in [0.1, 0.15) is 18.9 Å². The fourth-order valence-corrected chi connectivity index (χ4v) is 1.24. The van der Waals surface area contributed by atoms with Crippen molar-refractivity contribution in [3.05, 3.63) is 26.9 Å².